The molecule has 0 atom stereocenters. The third-order valence-corrected chi connectivity index (χ3v) is 4.23. The molecule has 3 rings (SSSR count). The zero-order chi connectivity index (χ0) is 13.4. The molecule has 0 fully saturated rings. The number of hydrogen-bond donors (Lipinski definition) is 0. The Hall–Kier alpha value is -1.87. The Balaban J connectivity index is 2.13. The van der Waals surface area contributed by atoms with Crippen LogP contribution in [0.3, 0.4) is 0 Å². The Labute approximate surface area is 116 Å². The molecule has 0 bridgehead atoms. The second-order valence-electron chi connectivity index (χ2n) is 4.75. The Morgan fingerprint density at radius 2 is 1.95 bits per heavy atom. The van der Waals surface area contributed by atoms with Gasteiger partial charge in [0.05, 0.1) is 12.0 Å². The number of nitrogens with zero attached hydrogens (tertiary/aromatic N) is 1. The first-order valence-electron chi connectivity index (χ1n) is 6.23. The molecule has 3 aromatic rings. The summed E-state index contributed by atoms with van der Waals surface area (Å²) in [6.07, 6.45) is 3.43. The molecule has 2 aromatic heterocycles. The Morgan fingerprint density at radius 3 is 2.68 bits per heavy atom. The molecule has 2 nitrogen and oxygen atoms in total. The topological polar surface area (TPSA) is 26.0 Å². The Morgan fingerprint density at radius 1 is 1.11 bits per heavy atom. The van der Waals surface area contributed by atoms with Crippen LogP contribution in [0.15, 0.2) is 41.2 Å². The van der Waals surface area contributed by atoms with Gasteiger partial charge < -0.3 is 4.42 Å². The zero-order valence-electron chi connectivity index (χ0n) is 11.2. The van der Waals surface area contributed by atoms with Gasteiger partial charge in [-0.05, 0) is 38.5 Å². The van der Waals surface area contributed by atoms with Crippen LogP contribution in [0.2, 0.25) is 0 Å². The normalized spacial score (nSPS) is 10.9. The van der Waals surface area contributed by atoms with Gasteiger partial charge in [-0.1, -0.05) is 17.7 Å². The minimum absolute atomic E-state index is 1.02. The first-order valence-corrected chi connectivity index (χ1v) is 7.04. The van der Waals surface area contributed by atoms with Crippen LogP contribution in [-0.2, 0) is 0 Å². The lowest BCUT2D eigenvalue weighted by atomic mass is 10.0. The van der Waals surface area contributed by atoms with E-state index in [-0.39, 0.29) is 0 Å². The molecule has 0 unspecified atom stereocenters. The summed E-state index contributed by atoms with van der Waals surface area (Å²) in [6.45, 7) is 6.37. The largest absolute Gasteiger partial charge is 0.472 e. The van der Waals surface area contributed by atoms with Gasteiger partial charge in [-0.25, -0.2) is 4.98 Å². The summed E-state index contributed by atoms with van der Waals surface area (Å²) in [7, 11) is 0. The van der Waals surface area contributed by atoms with Crippen molar-refractivity contribution in [1.29, 1.82) is 0 Å². The summed E-state index contributed by atoms with van der Waals surface area (Å²) in [6, 6.07) is 8.44. The van der Waals surface area contributed by atoms with Crippen LogP contribution in [0, 0.1) is 20.8 Å². The molecule has 1 aromatic carbocycles. The number of furan rings is 1. The van der Waals surface area contributed by atoms with Crippen molar-refractivity contribution < 1.29 is 4.42 Å². The van der Waals surface area contributed by atoms with Crippen LogP contribution < -0.4 is 0 Å². The van der Waals surface area contributed by atoms with Crippen molar-refractivity contribution >= 4 is 11.3 Å². The number of benzene rings is 1. The van der Waals surface area contributed by atoms with Crippen molar-refractivity contribution in [2.75, 3.05) is 0 Å². The molecule has 19 heavy (non-hydrogen) atoms. The molecule has 0 aliphatic heterocycles. The van der Waals surface area contributed by atoms with Crippen molar-refractivity contribution in [2.24, 2.45) is 0 Å². The van der Waals surface area contributed by atoms with Gasteiger partial charge in [0.15, 0.2) is 0 Å². The van der Waals surface area contributed by atoms with Crippen LogP contribution in [0.4, 0.5) is 0 Å². The van der Waals surface area contributed by atoms with Crippen LogP contribution in [0.25, 0.3) is 21.8 Å². The molecule has 96 valence electrons. The van der Waals surface area contributed by atoms with E-state index < -0.39 is 0 Å². The lowest BCUT2D eigenvalue weighted by Gasteiger charge is -2.05. The minimum Gasteiger partial charge on any atom is -0.472 e. The predicted molar refractivity (Wildman–Crippen MR) is 79.5 cm³/mol. The highest BCUT2D eigenvalue weighted by Crippen LogP contribution is 2.35. The first-order chi connectivity index (χ1) is 9.15. The molecule has 3 heteroatoms. The predicted octanol–water partition coefficient (Wildman–Crippen LogP) is 5.00. The average Bonchev–Trinajstić information content (AvgIpc) is 3.01. The third-order valence-electron chi connectivity index (χ3n) is 3.21. The molecular weight excluding hydrogens is 254 g/mol. The smallest absolute Gasteiger partial charge is 0.127 e. The molecular formula is C16H15NOS. The summed E-state index contributed by atoms with van der Waals surface area (Å²) < 4.78 is 5.13. The second-order valence-corrected chi connectivity index (χ2v) is 5.96. The molecule has 0 radical (unpaired) electrons. The number of aromatic nitrogens is 1. The summed E-state index contributed by atoms with van der Waals surface area (Å²) in [5.41, 5.74) is 5.88. The van der Waals surface area contributed by atoms with Crippen LogP contribution >= 0.6 is 11.3 Å². The van der Waals surface area contributed by atoms with E-state index >= 15 is 0 Å². The fourth-order valence-electron chi connectivity index (χ4n) is 2.15. The van der Waals surface area contributed by atoms with Gasteiger partial charge in [0.1, 0.15) is 11.3 Å². The van der Waals surface area contributed by atoms with Gasteiger partial charge in [0.2, 0.25) is 0 Å². The highest BCUT2D eigenvalue weighted by Gasteiger charge is 2.13. The van der Waals surface area contributed by atoms with Crippen molar-refractivity contribution in [3.63, 3.8) is 0 Å². The molecule has 0 aliphatic carbocycles. The van der Waals surface area contributed by atoms with Gasteiger partial charge in [-0.3, -0.25) is 0 Å². The first kappa shape index (κ1) is 12.2. The Bertz CT molecular complexity index is 710. The number of thiazole rings is 1. The number of aryl methyl sites for hydroxylation is 3. The van der Waals surface area contributed by atoms with Crippen molar-refractivity contribution in [3.8, 4) is 21.8 Å². The van der Waals surface area contributed by atoms with Crippen molar-refractivity contribution in [3.05, 3.63) is 52.8 Å². The van der Waals surface area contributed by atoms with Crippen molar-refractivity contribution in [1.82, 2.24) is 4.98 Å². The van der Waals surface area contributed by atoms with E-state index in [1.807, 2.05) is 6.07 Å². The lowest BCUT2D eigenvalue weighted by Crippen LogP contribution is -1.87. The van der Waals surface area contributed by atoms with E-state index in [9.17, 15) is 0 Å². The monoisotopic (exact) mass is 269 g/mol. The van der Waals surface area contributed by atoms with Gasteiger partial charge in [0.25, 0.3) is 0 Å². The van der Waals surface area contributed by atoms with Gasteiger partial charge in [-0.15, -0.1) is 11.3 Å². The van der Waals surface area contributed by atoms with E-state index in [0.717, 1.165) is 16.3 Å². The number of hydrogen-bond acceptors (Lipinski definition) is 3. The van der Waals surface area contributed by atoms with Gasteiger partial charge in [0, 0.05) is 16.0 Å². The van der Waals surface area contributed by atoms with Crippen LogP contribution in [0.1, 0.15) is 16.0 Å². The van der Waals surface area contributed by atoms with Gasteiger partial charge >= 0.3 is 0 Å². The fraction of sp³-hybridized carbons (Fsp3) is 0.188. The molecule has 2 heterocycles. The molecule has 0 saturated carbocycles. The lowest BCUT2D eigenvalue weighted by molar-refractivity contribution is 0.568. The quantitative estimate of drug-likeness (QED) is 0.654. The van der Waals surface area contributed by atoms with Crippen molar-refractivity contribution in [2.45, 2.75) is 20.8 Å². The van der Waals surface area contributed by atoms with Crippen LogP contribution in [0.5, 0.6) is 0 Å². The highest BCUT2D eigenvalue weighted by molar-refractivity contribution is 7.15. The third kappa shape index (κ3) is 2.22. The SMILES string of the molecule is Cc1ccc(C)c(-c2nc(-c3ccoc3)sc2C)c1. The maximum Gasteiger partial charge on any atom is 0.127 e. The summed E-state index contributed by atoms with van der Waals surface area (Å²) in [5.74, 6) is 0. The van der Waals surface area contributed by atoms with E-state index in [0.29, 0.717) is 0 Å². The number of rotatable bonds is 2. The molecule has 0 saturated heterocycles. The zero-order valence-corrected chi connectivity index (χ0v) is 12.0. The maximum atomic E-state index is 5.13. The molecule has 0 N–H and O–H groups in total. The Kier molecular flexibility index (Phi) is 2.99. The van der Waals surface area contributed by atoms with E-state index in [1.54, 1.807) is 23.9 Å². The van der Waals surface area contributed by atoms with E-state index in [1.165, 1.54) is 21.6 Å². The molecule has 0 amide bonds. The minimum atomic E-state index is 1.02. The van der Waals surface area contributed by atoms with Gasteiger partial charge in [-0.2, -0.15) is 0 Å². The van der Waals surface area contributed by atoms with E-state index in [4.69, 9.17) is 9.40 Å². The summed E-state index contributed by atoms with van der Waals surface area (Å²) >= 11 is 1.71. The standard InChI is InChI=1S/C16H15NOS/c1-10-4-5-11(2)14(8-10)15-12(3)19-16(17-15)13-6-7-18-9-13/h4-9H,1-3H3. The maximum absolute atomic E-state index is 5.13. The fourth-order valence-corrected chi connectivity index (χ4v) is 3.06. The summed E-state index contributed by atoms with van der Waals surface area (Å²) in [4.78, 5) is 6.02. The molecule has 0 spiro atoms. The summed E-state index contributed by atoms with van der Waals surface area (Å²) in [5, 5.41) is 1.02. The highest BCUT2D eigenvalue weighted by atomic mass is 32.1. The average molecular weight is 269 g/mol. The van der Waals surface area contributed by atoms with Crippen LogP contribution in [-0.4, -0.2) is 4.98 Å². The second kappa shape index (κ2) is 4.67. The molecule has 0 aliphatic rings. The van der Waals surface area contributed by atoms with E-state index in [2.05, 4.69) is 39.0 Å².